The zero-order valence-electron chi connectivity index (χ0n) is 15.9. The van der Waals surface area contributed by atoms with E-state index < -0.39 is 11.9 Å². The first-order valence-electron chi connectivity index (χ1n) is 8.12. The smallest absolute Gasteiger partial charge is 0.337 e. The number of nitrogens with two attached hydrogens (primary N) is 1. The molecule has 144 valence electrons. The van der Waals surface area contributed by atoms with Crippen molar-refractivity contribution in [3.8, 4) is 0 Å². The van der Waals surface area contributed by atoms with Gasteiger partial charge in [0, 0.05) is 11.2 Å². The fourth-order valence-corrected chi connectivity index (χ4v) is 2.26. The average molecular weight is 373 g/mol. The summed E-state index contributed by atoms with van der Waals surface area (Å²) < 4.78 is 9.46. The maximum Gasteiger partial charge on any atom is 0.337 e. The molecular weight excluding hydrogens is 350 g/mol. The Morgan fingerprint density at radius 2 is 1.48 bits per heavy atom. The summed E-state index contributed by atoms with van der Waals surface area (Å²) in [5.41, 5.74) is 7.00. The van der Waals surface area contributed by atoms with Crippen LogP contribution < -0.4 is 16.4 Å². The number of esters is 2. The number of nitrogens with one attached hydrogen (secondary N) is 2. The molecular formula is C18H23N5O4. The molecule has 0 atom stereocenters. The lowest BCUT2D eigenvalue weighted by atomic mass is 10.1. The number of nitrogens with zero attached hydrogens (tertiary/aromatic N) is 2. The van der Waals surface area contributed by atoms with Crippen LogP contribution in [-0.2, 0) is 9.47 Å². The van der Waals surface area contributed by atoms with Gasteiger partial charge in [-0.1, -0.05) is 0 Å². The first-order valence-corrected chi connectivity index (χ1v) is 8.12. The third kappa shape index (κ3) is 5.06. The predicted molar refractivity (Wildman–Crippen MR) is 102 cm³/mol. The van der Waals surface area contributed by atoms with Crippen molar-refractivity contribution in [3.05, 3.63) is 35.7 Å². The van der Waals surface area contributed by atoms with E-state index in [0.717, 1.165) is 0 Å². The number of nitrogen functional groups attached to an aromatic ring is 1. The molecule has 0 aliphatic carbocycles. The molecule has 9 heteroatoms. The van der Waals surface area contributed by atoms with Gasteiger partial charge in [-0.25, -0.2) is 19.6 Å². The zero-order valence-corrected chi connectivity index (χ0v) is 15.9. The van der Waals surface area contributed by atoms with Crippen molar-refractivity contribution in [2.45, 2.75) is 26.3 Å². The molecule has 0 radical (unpaired) electrons. The van der Waals surface area contributed by atoms with E-state index in [9.17, 15) is 9.59 Å². The number of ether oxygens (including phenoxy) is 2. The molecule has 1 aromatic carbocycles. The summed E-state index contributed by atoms with van der Waals surface area (Å²) in [5.74, 6) is -0.379. The Morgan fingerprint density at radius 3 is 1.96 bits per heavy atom. The van der Waals surface area contributed by atoms with Gasteiger partial charge in [-0.15, -0.1) is 0 Å². The van der Waals surface area contributed by atoms with E-state index >= 15 is 0 Å². The van der Waals surface area contributed by atoms with Gasteiger partial charge in [-0.2, -0.15) is 0 Å². The molecule has 4 N–H and O–H groups in total. The molecule has 2 aromatic rings. The van der Waals surface area contributed by atoms with Crippen LogP contribution in [0.1, 0.15) is 41.5 Å². The molecule has 1 heterocycles. The fourth-order valence-electron chi connectivity index (χ4n) is 2.26. The van der Waals surface area contributed by atoms with E-state index in [1.165, 1.54) is 38.7 Å². The Hall–Kier alpha value is -3.36. The summed E-state index contributed by atoms with van der Waals surface area (Å²) in [4.78, 5) is 32.1. The average Bonchev–Trinajstić information content (AvgIpc) is 2.62. The van der Waals surface area contributed by atoms with Crippen molar-refractivity contribution in [2.24, 2.45) is 0 Å². The van der Waals surface area contributed by atoms with Gasteiger partial charge in [0.2, 0.25) is 0 Å². The summed E-state index contributed by atoms with van der Waals surface area (Å²) in [6, 6.07) is 4.44. The van der Waals surface area contributed by atoms with E-state index in [2.05, 4.69) is 20.6 Å². The highest BCUT2D eigenvalue weighted by Crippen LogP contribution is 2.28. The highest BCUT2D eigenvalue weighted by Gasteiger charge is 2.17. The molecule has 0 aliphatic heterocycles. The molecule has 0 amide bonds. The predicted octanol–water partition coefficient (Wildman–Crippen LogP) is 2.59. The number of carbonyl (C=O) groups is 2. The minimum absolute atomic E-state index is 0.184. The van der Waals surface area contributed by atoms with Crippen LogP contribution in [0.2, 0.25) is 0 Å². The van der Waals surface area contributed by atoms with E-state index in [1.54, 1.807) is 0 Å². The molecule has 0 bridgehead atoms. The SMILES string of the molecule is COC(=O)c1cc(Nc2ncnc(NC(C)(C)C)c2N)cc(C(=O)OC)c1. The van der Waals surface area contributed by atoms with Crippen LogP contribution in [0.25, 0.3) is 0 Å². The number of methoxy groups -OCH3 is 2. The molecule has 27 heavy (non-hydrogen) atoms. The van der Waals surface area contributed by atoms with Gasteiger partial charge >= 0.3 is 11.9 Å². The van der Waals surface area contributed by atoms with E-state index in [-0.39, 0.29) is 16.7 Å². The van der Waals surface area contributed by atoms with Crippen LogP contribution >= 0.6 is 0 Å². The lowest BCUT2D eigenvalue weighted by Gasteiger charge is -2.23. The van der Waals surface area contributed by atoms with Crippen LogP contribution in [-0.4, -0.2) is 41.7 Å². The molecule has 2 rings (SSSR count). The number of anilines is 4. The fraction of sp³-hybridized carbons (Fsp3) is 0.333. The number of carbonyl (C=O) groups excluding carboxylic acids is 2. The molecule has 0 fully saturated rings. The Labute approximate surface area is 157 Å². The van der Waals surface area contributed by atoms with Crippen molar-refractivity contribution in [2.75, 3.05) is 30.6 Å². The normalized spacial score (nSPS) is 10.9. The highest BCUT2D eigenvalue weighted by molar-refractivity contribution is 5.97. The maximum absolute atomic E-state index is 11.9. The van der Waals surface area contributed by atoms with E-state index in [0.29, 0.717) is 23.0 Å². The van der Waals surface area contributed by atoms with Gasteiger partial charge in [0.25, 0.3) is 0 Å². The molecule has 0 spiro atoms. The Kier molecular flexibility index (Phi) is 5.84. The molecule has 0 aliphatic rings. The van der Waals surface area contributed by atoms with E-state index in [1.807, 2.05) is 20.8 Å². The van der Waals surface area contributed by atoms with Gasteiger partial charge in [-0.3, -0.25) is 0 Å². The van der Waals surface area contributed by atoms with Crippen molar-refractivity contribution >= 4 is 34.9 Å². The quantitative estimate of drug-likeness (QED) is 0.677. The zero-order chi connectivity index (χ0) is 20.2. The standard InChI is InChI=1S/C18H23N5O4/c1-18(2,3)23-15-13(19)14(20-9-21-15)22-12-7-10(16(24)26-4)6-11(8-12)17(25)27-5/h6-9H,19H2,1-5H3,(H2,20,21,22,23). The third-order valence-electron chi connectivity index (χ3n) is 3.42. The van der Waals surface area contributed by atoms with Gasteiger partial charge in [0.1, 0.15) is 12.0 Å². The minimum Gasteiger partial charge on any atom is -0.465 e. The second-order valence-corrected chi connectivity index (χ2v) is 6.77. The van der Waals surface area contributed by atoms with Crippen LogP contribution in [0.4, 0.5) is 23.0 Å². The summed E-state index contributed by atoms with van der Waals surface area (Å²) in [7, 11) is 2.51. The largest absolute Gasteiger partial charge is 0.465 e. The maximum atomic E-state index is 11.9. The summed E-state index contributed by atoms with van der Waals surface area (Å²) in [6.07, 6.45) is 1.36. The monoisotopic (exact) mass is 373 g/mol. The summed E-state index contributed by atoms with van der Waals surface area (Å²) >= 11 is 0. The van der Waals surface area contributed by atoms with Gasteiger partial charge in [0.15, 0.2) is 11.6 Å². The second-order valence-electron chi connectivity index (χ2n) is 6.77. The number of rotatable bonds is 5. The third-order valence-corrected chi connectivity index (χ3v) is 3.42. The van der Waals surface area contributed by atoms with Crippen LogP contribution in [0.3, 0.4) is 0 Å². The summed E-state index contributed by atoms with van der Waals surface area (Å²) in [5, 5.41) is 6.19. The van der Waals surface area contributed by atoms with Gasteiger partial charge < -0.3 is 25.8 Å². The van der Waals surface area contributed by atoms with Crippen LogP contribution in [0, 0.1) is 0 Å². The van der Waals surface area contributed by atoms with E-state index in [4.69, 9.17) is 15.2 Å². The number of hydrogen-bond donors (Lipinski definition) is 3. The Balaban J connectivity index is 2.43. The second kappa shape index (κ2) is 7.90. The molecule has 0 saturated carbocycles. The highest BCUT2D eigenvalue weighted by atomic mass is 16.5. The molecule has 1 aromatic heterocycles. The molecule has 0 saturated heterocycles. The Morgan fingerprint density at radius 1 is 0.963 bits per heavy atom. The summed E-state index contributed by atoms with van der Waals surface area (Å²) in [6.45, 7) is 5.93. The van der Waals surface area contributed by atoms with Crippen molar-refractivity contribution in [1.82, 2.24) is 9.97 Å². The molecule has 9 nitrogen and oxygen atoms in total. The number of benzene rings is 1. The van der Waals surface area contributed by atoms with Crippen molar-refractivity contribution < 1.29 is 19.1 Å². The first-order chi connectivity index (χ1) is 12.6. The minimum atomic E-state index is -0.588. The van der Waals surface area contributed by atoms with Crippen LogP contribution in [0.5, 0.6) is 0 Å². The van der Waals surface area contributed by atoms with Gasteiger partial charge in [0.05, 0.1) is 25.3 Å². The Bertz CT molecular complexity index is 827. The van der Waals surface area contributed by atoms with Crippen molar-refractivity contribution in [1.29, 1.82) is 0 Å². The number of hydrogen-bond acceptors (Lipinski definition) is 9. The molecule has 0 unspecified atom stereocenters. The van der Waals surface area contributed by atoms with Crippen molar-refractivity contribution in [3.63, 3.8) is 0 Å². The topological polar surface area (TPSA) is 128 Å². The van der Waals surface area contributed by atoms with Gasteiger partial charge in [-0.05, 0) is 39.0 Å². The lowest BCUT2D eigenvalue weighted by molar-refractivity contribution is 0.0599. The first kappa shape index (κ1) is 20.0. The van der Waals surface area contributed by atoms with Crippen LogP contribution in [0.15, 0.2) is 24.5 Å². The lowest BCUT2D eigenvalue weighted by Crippen LogP contribution is -2.27. The number of aromatic nitrogens is 2.